The highest BCUT2D eigenvalue weighted by atomic mass is 32.2. The third kappa shape index (κ3) is 3.62. The molecule has 1 aromatic carbocycles. The third-order valence-electron chi connectivity index (χ3n) is 4.75. The lowest BCUT2D eigenvalue weighted by Crippen LogP contribution is -2.53. The van der Waals surface area contributed by atoms with Gasteiger partial charge in [0.1, 0.15) is 5.75 Å². The molecule has 3 rings (SSSR count). The first-order valence-electron chi connectivity index (χ1n) is 8.41. The fourth-order valence-electron chi connectivity index (χ4n) is 3.35. The Bertz CT molecular complexity index is 801. The lowest BCUT2D eigenvalue weighted by Gasteiger charge is -2.38. The molecule has 142 valence electrons. The minimum absolute atomic E-state index is 0.0639. The van der Waals surface area contributed by atoms with Crippen molar-refractivity contribution in [1.82, 2.24) is 4.90 Å². The molecule has 1 amide bonds. The van der Waals surface area contributed by atoms with Crippen molar-refractivity contribution in [2.75, 3.05) is 37.3 Å². The fourth-order valence-corrected chi connectivity index (χ4v) is 4.27. The summed E-state index contributed by atoms with van der Waals surface area (Å²) in [7, 11) is -2.18. The number of rotatable bonds is 3. The van der Waals surface area contributed by atoms with Gasteiger partial charge in [-0.3, -0.25) is 13.9 Å². The number of sulfonamides is 1. The van der Waals surface area contributed by atoms with Crippen molar-refractivity contribution in [3.63, 3.8) is 0 Å². The number of amides is 1. The second-order valence-electron chi connectivity index (χ2n) is 6.49. The minimum atomic E-state index is -3.54. The third-order valence-corrected chi connectivity index (χ3v) is 5.90. The smallest absolute Gasteiger partial charge is 0.308 e. The van der Waals surface area contributed by atoms with Crippen LogP contribution in [-0.4, -0.2) is 64.3 Å². The van der Waals surface area contributed by atoms with Crippen LogP contribution in [-0.2, 0) is 24.3 Å². The summed E-state index contributed by atoms with van der Waals surface area (Å²) in [6, 6.07) is 6.75. The Labute approximate surface area is 152 Å². The molecule has 0 spiro atoms. The molecule has 0 aliphatic carbocycles. The monoisotopic (exact) mass is 382 g/mol. The first-order chi connectivity index (χ1) is 12.3. The lowest BCUT2D eigenvalue weighted by molar-refractivity contribution is -0.150. The number of fused-ring (bicyclic) bond motifs is 1. The summed E-state index contributed by atoms with van der Waals surface area (Å²) in [5, 5.41) is 0. The molecule has 2 heterocycles. The van der Waals surface area contributed by atoms with Crippen LogP contribution in [0.1, 0.15) is 12.8 Å². The number of ether oxygens (including phenoxy) is 2. The fraction of sp³-hybridized carbons (Fsp3) is 0.529. The van der Waals surface area contributed by atoms with Crippen molar-refractivity contribution >= 4 is 27.6 Å². The molecule has 2 aliphatic rings. The van der Waals surface area contributed by atoms with Gasteiger partial charge < -0.3 is 14.4 Å². The van der Waals surface area contributed by atoms with E-state index in [9.17, 15) is 18.0 Å². The van der Waals surface area contributed by atoms with E-state index in [4.69, 9.17) is 9.47 Å². The molecule has 0 saturated carbocycles. The molecular formula is C17H22N2O6S. The van der Waals surface area contributed by atoms with Crippen molar-refractivity contribution in [2.24, 2.45) is 5.92 Å². The number of piperidine rings is 1. The van der Waals surface area contributed by atoms with Crippen molar-refractivity contribution in [3.8, 4) is 5.75 Å². The normalized spacial score (nSPS) is 20.9. The number of hydrogen-bond acceptors (Lipinski definition) is 6. The van der Waals surface area contributed by atoms with Gasteiger partial charge >= 0.3 is 5.97 Å². The molecule has 1 unspecified atom stereocenters. The zero-order valence-electron chi connectivity index (χ0n) is 14.8. The molecule has 0 N–H and O–H groups in total. The summed E-state index contributed by atoms with van der Waals surface area (Å²) in [5.74, 6) is -0.365. The van der Waals surface area contributed by atoms with Gasteiger partial charge in [-0.05, 0) is 25.0 Å². The Balaban J connectivity index is 1.74. The minimum Gasteiger partial charge on any atom is -0.476 e. The van der Waals surface area contributed by atoms with Crippen molar-refractivity contribution in [1.29, 1.82) is 0 Å². The molecule has 2 aliphatic heterocycles. The van der Waals surface area contributed by atoms with E-state index >= 15 is 0 Å². The van der Waals surface area contributed by atoms with E-state index < -0.39 is 16.1 Å². The number of benzene rings is 1. The molecule has 0 aromatic heterocycles. The number of para-hydroxylation sites is 2. The molecule has 0 radical (unpaired) electrons. The van der Waals surface area contributed by atoms with Gasteiger partial charge in [0.25, 0.3) is 5.91 Å². The maximum Gasteiger partial charge on any atom is 0.308 e. The van der Waals surface area contributed by atoms with E-state index in [-0.39, 0.29) is 24.3 Å². The quantitative estimate of drug-likeness (QED) is 0.712. The topological polar surface area (TPSA) is 93.2 Å². The van der Waals surface area contributed by atoms with Gasteiger partial charge in [-0.15, -0.1) is 0 Å². The molecule has 26 heavy (non-hydrogen) atoms. The summed E-state index contributed by atoms with van der Waals surface area (Å²) in [4.78, 5) is 26.1. The molecule has 1 atom stereocenters. The van der Waals surface area contributed by atoms with Gasteiger partial charge in [0, 0.05) is 13.1 Å². The Morgan fingerprint density at radius 3 is 2.46 bits per heavy atom. The van der Waals surface area contributed by atoms with Crippen LogP contribution in [0.15, 0.2) is 24.3 Å². The summed E-state index contributed by atoms with van der Waals surface area (Å²) in [5.41, 5.74) is 0.434. The van der Waals surface area contributed by atoms with Crippen molar-refractivity contribution in [3.05, 3.63) is 24.3 Å². The van der Waals surface area contributed by atoms with Gasteiger partial charge in [-0.2, -0.15) is 0 Å². The maximum atomic E-state index is 12.8. The van der Waals surface area contributed by atoms with E-state index in [2.05, 4.69) is 0 Å². The number of anilines is 1. The van der Waals surface area contributed by atoms with Crippen LogP contribution < -0.4 is 9.04 Å². The summed E-state index contributed by atoms with van der Waals surface area (Å²) in [6.07, 6.45) is 1.25. The predicted octanol–water partition coefficient (Wildman–Crippen LogP) is 0.625. The predicted molar refractivity (Wildman–Crippen MR) is 94.4 cm³/mol. The zero-order valence-corrected chi connectivity index (χ0v) is 15.6. The van der Waals surface area contributed by atoms with Crippen LogP contribution >= 0.6 is 0 Å². The molecule has 0 bridgehead atoms. The van der Waals surface area contributed by atoms with Gasteiger partial charge in [0.15, 0.2) is 6.10 Å². The Hall–Kier alpha value is -2.29. The van der Waals surface area contributed by atoms with Crippen LogP contribution in [0.4, 0.5) is 5.69 Å². The van der Waals surface area contributed by atoms with Crippen LogP contribution in [0, 0.1) is 5.92 Å². The largest absolute Gasteiger partial charge is 0.476 e. The van der Waals surface area contributed by atoms with Crippen LogP contribution in [0.3, 0.4) is 0 Å². The van der Waals surface area contributed by atoms with Gasteiger partial charge in [0.05, 0.1) is 31.5 Å². The van der Waals surface area contributed by atoms with E-state index in [0.717, 1.165) is 6.26 Å². The van der Waals surface area contributed by atoms with Crippen molar-refractivity contribution < 1.29 is 27.5 Å². The first-order valence-corrected chi connectivity index (χ1v) is 10.3. The van der Waals surface area contributed by atoms with E-state index in [1.54, 1.807) is 29.2 Å². The summed E-state index contributed by atoms with van der Waals surface area (Å²) >= 11 is 0. The van der Waals surface area contributed by atoms with Gasteiger partial charge in [-0.25, -0.2) is 8.42 Å². The van der Waals surface area contributed by atoms with Crippen LogP contribution in [0.25, 0.3) is 0 Å². The Kier molecular flexibility index (Phi) is 5.08. The van der Waals surface area contributed by atoms with E-state index in [0.29, 0.717) is 37.4 Å². The lowest BCUT2D eigenvalue weighted by atomic mass is 9.96. The summed E-state index contributed by atoms with van der Waals surface area (Å²) in [6.45, 7) is 0.767. The zero-order chi connectivity index (χ0) is 18.9. The highest BCUT2D eigenvalue weighted by molar-refractivity contribution is 7.92. The number of carbonyl (C=O) groups excluding carboxylic acids is 2. The van der Waals surface area contributed by atoms with Crippen LogP contribution in [0.2, 0.25) is 0 Å². The second kappa shape index (κ2) is 7.14. The molecule has 1 saturated heterocycles. The number of methoxy groups -OCH3 is 1. The number of esters is 1. The number of nitrogens with zero attached hydrogens (tertiary/aromatic N) is 2. The van der Waals surface area contributed by atoms with Gasteiger partial charge in [-0.1, -0.05) is 12.1 Å². The highest BCUT2D eigenvalue weighted by Crippen LogP contribution is 2.35. The van der Waals surface area contributed by atoms with Crippen LogP contribution in [0.5, 0.6) is 5.75 Å². The molecule has 1 aromatic rings. The average molecular weight is 382 g/mol. The van der Waals surface area contributed by atoms with Gasteiger partial charge in [0.2, 0.25) is 10.0 Å². The first kappa shape index (κ1) is 18.5. The number of carbonyl (C=O) groups is 2. The maximum absolute atomic E-state index is 12.8. The molecular weight excluding hydrogens is 360 g/mol. The van der Waals surface area contributed by atoms with E-state index in [1.165, 1.54) is 11.4 Å². The Morgan fingerprint density at radius 1 is 1.19 bits per heavy atom. The molecule has 8 nitrogen and oxygen atoms in total. The standard InChI is InChI=1S/C17H22N2O6S/c1-24-17(21)12-7-9-18(10-8-12)16(20)15-11-19(26(2,22)23)13-5-3-4-6-14(13)25-15/h3-6,12,15H,7-11H2,1-2H3. The molecule has 9 heteroatoms. The van der Waals surface area contributed by atoms with E-state index in [1.807, 2.05) is 0 Å². The second-order valence-corrected chi connectivity index (χ2v) is 8.40. The number of hydrogen-bond donors (Lipinski definition) is 0. The summed E-state index contributed by atoms with van der Waals surface area (Å²) < 4.78 is 36.0. The molecule has 1 fully saturated rings. The average Bonchev–Trinajstić information content (AvgIpc) is 2.65. The SMILES string of the molecule is COC(=O)C1CCN(C(=O)C2CN(S(C)(=O)=O)c3ccccc3O2)CC1. The number of likely N-dealkylation sites (tertiary alicyclic amines) is 1. The highest BCUT2D eigenvalue weighted by Gasteiger charge is 2.38. The van der Waals surface area contributed by atoms with Crippen molar-refractivity contribution in [2.45, 2.75) is 18.9 Å². The Morgan fingerprint density at radius 2 is 1.85 bits per heavy atom.